The highest BCUT2D eigenvalue weighted by molar-refractivity contribution is 6.42. The van der Waals surface area contributed by atoms with Gasteiger partial charge in [-0.3, -0.25) is 4.79 Å². The third kappa shape index (κ3) is 6.22. The molecular formula is C29H35Cl2N3O3. The molecule has 198 valence electrons. The average molecular weight is 545 g/mol. The largest absolute Gasteiger partial charge is 0.379 e. The lowest BCUT2D eigenvalue weighted by atomic mass is 9.83. The van der Waals surface area contributed by atoms with Crippen molar-refractivity contribution in [3.8, 4) is 0 Å². The second-order valence-corrected chi connectivity index (χ2v) is 11.1. The fraction of sp³-hybridized carbons (Fsp3) is 0.483. The maximum absolute atomic E-state index is 14.3. The van der Waals surface area contributed by atoms with Crippen LogP contribution in [-0.4, -0.2) is 61.8 Å². The highest BCUT2D eigenvalue weighted by Gasteiger charge is 2.41. The first-order valence-corrected chi connectivity index (χ1v) is 13.8. The van der Waals surface area contributed by atoms with Gasteiger partial charge in [0, 0.05) is 44.4 Å². The Kier molecular flexibility index (Phi) is 8.54. The van der Waals surface area contributed by atoms with E-state index in [2.05, 4.69) is 34.9 Å². The summed E-state index contributed by atoms with van der Waals surface area (Å²) < 4.78 is 11.0. The van der Waals surface area contributed by atoms with Crippen LogP contribution in [0.25, 0.3) is 5.57 Å². The fourth-order valence-electron chi connectivity index (χ4n) is 5.21. The second kappa shape index (κ2) is 11.9. The van der Waals surface area contributed by atoms with Crippen LogP contribution in [0.5, 0.6) is 0 Å². The van der Waals surface area contributed by atoms with Gasteiger partial charge in [-0.1, -0.05) is 59.6 Å². The molecule has 2 bridgehead atoms. The summed E-state index contributed by atoms with van der Waals surface area (Å²) in [7, 11) is 1.69. The molecule has 1 amide bonds. The molecule has 2 aliphatic heterocycles. The van der Waals surface area contributed by atoms with Crippen LogP contribution in [0.15, 0.2) is 48.0 Å². The average Bonchev–Trinajstić information content (AvgIpc) is 3.75. The predicted octanol–water partition coefficient (Wildman–Crippen LogP) is 4.82. The van der Waals surface area contributed by atoms with Gasteiger partial charge in [0.15, 0.2) is 0 Å². The van der Waals surface area contributed by atoms with Crippen LogP contribution in [-0.2, 0) is 27.4 Å². The maximum Gasteiger partial charge on any atom is 0.252 e. The monoisotopic (exact) mass is 543 g/mol. The Morgan fingerprint density at radius 2 is 1.92 bits per heavy atom. The number of piperazine rings is 1. The van der Waals surface area contributed by atoms with Gasteiger partial charge in [0.2, 0.25) is 0 Å². The summed E-state index contributed by atoms with van der Waals surface area (Å²) in [6.07, 6.45) is 2.91. The lowest BCUT2D eigenvalue weighted by Gasteiger charge is -2.41. The number of benzene rings is 2. The van der Waals surface area contributed by atoms with E-state index in [9.17, 15) is 4.79 Å². The zero-order chi connectivity index (χ0) is 25.9. The van der Waals surface area contributed by atoms with Crippen molar-refractivity contribution in [2.75, 3.05) is 26.8 Å². The summed E-state index contributed by atoms with van der Waals surface area (Å²) in [5.41, 5.74) is 5.10. The van der Waals surface area contributed by atoms with Crippen LogP contribution in [0, 0.1) is 0 Å². The molecule has 2 heterocycles. The molecule has 8 heteroatoms. The highest BCUT2D eigenvalue weighted by Crippen LogP contribution is 2.37. The number of amides is 1. The third-order valence-corrected chi connectivity index (χ3v) is 8.34. The first-order valence-electron chi connectivity index (χ1n) is 13.1. The Hall–Kier alpha value is -1.93. The van der Waals surface area contributed by atoms with Gasteiger partial charge in [0.05, 0.1) is 35.4 Å². The molecule has 5 rings (SSSR count). The van der Waals surface area contributed by atoms with Crippen LogP contribution >= 0.6 is 23.2 Å². The number of hydrogen-bond donors (Lipinski definition) is 2. The molecule has 2 N–H and O–H groups in total. The van der Waals surface area contributed by atoms with E-state index < -0.39 is 0 Å². The normalized spacial score (nSPS) is 22.2. The summed E-state index contributed by atoms with van der Waals surface area (Å²) in [5, 5.41) is 8.24. The second-order valence-electron chi connectivity index (χ2n) is 10.3. The molecule has 1 saturated carbocycles. The van der Waals surface area contributed by atoms with E-state index in [1.807, 2.05) is 24.0 Å². The Morgan fingerprint density at radius 3 is 2.65 bits per heavy atom. The topological polar surface area (TPSA) is 62.8 Å². The number of methoxy groups -OCH3 is 1. The number of hydrogen-bond acceptors (Lipinski definition) is 5. The summed E-state index contributed by atoms with van der Waals surface area (Å²) >= 11 is 12.8. The van der Waals surface area contributed by atoms with Crippen LogP contribution in [0.2, 0.25) is 10.0 Å². The van der Waals surface area contributed by atoms with Gasteiger partial charge < -0.3 is 25.0 Å². The predicted molar refractivity (Wildman–Crippen MR) is 148 cm³/mol. The third-order valence-electron chi connectivity index (χ3n) is 7.48. The Labute approximate surface area is 229 Å². The van der Waals surface area contributed by atoms with E-state index in [0.29, 0.717) is 35.8 Å². The molecule has 6 nitrogen and oxygen atoms in total. The molecule has 0 radical (unpaired) electrons. The van der Waals surface area contributed by atoms with Crippen molar-refractivity contribution < 1.29 is 14.3 Å². The lowest BCUT2D eigenvalue weighted by molar-refractivity contribution is -0.128. The van der Waals surface area contributed by atoms with Crippen molar-refractivity contribution in [1.29, 1.82) is 0 Å². The number of rotatable bonds is 10. The molecule has 2 unspecified atom stereocenters. The van der Waals surface area contributed by atoms with Crippen molar-refractivity contribution in [3.05, 3.63) is 74.8 Å². The quantitative estimate of drug-likeness (QED) is 0.449. The van der Waals surface area contributed by atoms with E-state index in [-0.39, 0.29) is 24.1 Å². The SMILES string of the molecule is CO[C@H](C)COCc1ccc(C2=C(C(=O)N(Cc3cccc(Cl)c3Cl)C3CC3)C3CNCC(C2)N3)cc1. The first-order chi connectivity index (χ1) is 17.9. The Bertz CT molecular complexity index is 1150. The Balaban J connectivity index is 1.43. The van der Waals surface area contributed by atoms with Gasteiger partial charge in [0.25, 0.3) is 5.91 Å². The van der Waals surface area contributed by atoms with Gasteiger partial charge >= 0.3 is 0 Å². The van der Waals surface area contributed by atoms with Crippen molar-refractivity contribution in [3.63, 3.8) is 0 Å². The molecule has 0 spiro atoms. The molecule has 0 aromatic heterocycles. The van der Waals surface area contributed by atoms with Crippen molar-refractivity contribution in [1.82, 2.24) is 15.5 Å². The molecule has 2 fully saturated rings. The molecule has 37 heavy (non-hydrogen) atoms. The molecular weight excluding hydrogens is 509 g/mol. The number of fused-ring (bicyclic) bond motifs is 2. The van der Waals surface area contributed by atoms with Crippen molar-refractivity contribution >= 4 is 34.7 Å². The van der Waals surface area contributed by atoms with Gasteiger partial charge in [-0.15, -0.1) is 0 Å². The summed E-state index contributed by atoms with van der Waals surface area (Å²) in [5.74, 6) is 0.0918. The number of nitrogens with one attached hydrogen (secondary N) is 2. The summed E-state index contributed by atoms with van der Waals surface area (Å²) in [6.45, 7) is 5.17. The number of nitrogens with zero attached hydrogens (tertiary/aromatic N) is 1. The van der Waals surface area contributed by atoms with Crippen LogP contribution in [0.3, 0.4) is 0 Å². The zero-order valence-corrected chi connectivity index (χ0v) is 22.9. The molecule has 2 aromatic carbocycles. The van der Waals surface area contributed by atoms with Crippen LogP contribution in [0.4, 0.5) is 0 Å². The van der Waals surface area contributed by atoms with E-state index in [4.69, 9.17) is 32.7 Å². The summed E-state index contributed by atoms with van der Waals surface area (Å²) in [4.78, 5) is 16.3. The van der Waals surface area contributed by atoms with E-state index >= 15 is 0 Å². The number of ether oxygens (including phenoxy) is 2. The standard InChI is InChI=1S/C29H35Cl2N3O3/c1-18(36-2)16-37-17-19-6-8-20(9-7-19)24-12-22-13-32-14-26(33-22)27(24)29(35)34(23-10-11-23)15-21-4-3-5-25(30)28(21)31/h3-9,18,22-23,26,32-33H,10-17H2,1-2H3/t18-,22?,26?/m1/s1. The lowest BCUT2D eigenvalue weighted by Crippen LogP contribution is -2.60. The van der Waals surface area contributed by atoms with Crippen molar-refractivity contribution in [2.24, 2.45) is 0 Å². The fourth-order valence-corrected chi connectivity index (χ4v) is 5.59. The van der Waals surface area contributed by atoms with E-state index in [1.54, 1.807) is 13.2 Å². The van der Waals surface area contributed by atoms with Crippen molar-refractivity contribution in [2.45, 2.75) is 63.6 Å². The van der Waals surface area contributed by atoms with Gasteiger partial charge in [-0.25, -0.2) is 0 Å². The number of carbonyl (C=O) groups is 1. The molecule has 3 aliphatic rings. The minimum atomic E-state index is -0.0235. The van der Waals surface area contributed by atoms with Gasteiger partial charge in [-0.05, 0) is 54.5 Å². The molecule has 1 aliphatic carbocycles. The van der Waals surface area contributed by atoms with Crippen LogP contribution in [0.1, 0.15) is 42.9 Å². The minimum Gasteiger partial charge on any atom is -0.379 e. The van der Waals surface area contributed by atoms with E-state index in [0.717, 1.165) is 60.2 Å². The van der Waals surface area contributed by atoms with Gasteiger partial charge in [0.1, 0.15) is 0 Å². The minimum absolute atomic E-state index is 0.0235. The smallest absolute Gasteiger partial charge is 0.252 e. The maximum atomic E-state index is 14.3. The Morgan fingerprint density at radius 1 is 1.14 bits per heavy atom. The molecule has 2 aromatic rings. The zero-order valence-electron chi connectivity index (χ0n) is 21.4. The number of halogens is 2. The van der Waals surface area contributed by atoms with Gasteiger partial charge in [-0.2, -0.15) is 0 Å². The summed E-state index contributed by atoms with van der Waals surface area (Å²) in [6, 6.07) is 14.6. The van der Waals surface area contributed by atoms with Crippen LogP contribution < -0.4 is 10.6 Å². The highest BCUT2D eigenvalue weighted by atomic mass is 35.5. The molecule has 3 atom stereocenters. The van der Waals surface area contributed by atoms with E-state index in [1.165, 1.54) is 0 Å². The molecule has 1 saturated heterocycles. The number of carbonyl (C=O) groups excluding carboxylic acids is 1. The first kappa shape index (κ1) is 26.7.